The van der Waals surface area contributed by atoms with E-state index in [1.165, 1.54) is 80.5 Å². The van der Waals surface area contributed by atoms with E-state index in [1.54, 1.807) is 0 Å². The maximum absolute atomic E-state index is 6.32. The van der Waals surface area contributed by atoms with Gasteiger partial charge in [-0.1, -0.05) is 156 Å². The molecule has 3 unspecified atom stereocenters. The average molecular weight is 802 g/mol. The molecule has 0 saturated heterocycles. The van der Waals surface area contributed by atoms with Crippen LogP contribution in [-0.2, 0) is 6.42 Å². The monoisotopic (exact) mass is 802 g/mol. The third-order valence-electron chi connectivity index (χ3n) is 12.3. The van der Waals surface area contributed by atoms with Crippen LogP contribution in [0, 0.1) is 12.8 Å². The molecular formula is C57H75N3. The zero-order valence-electron chi connectivity index (χ0n) is 38.0. The molecule has 0 saturated carbocycles. The minimum atomic E-state index is 0.170. The van der Waals surface area contributed by atoms with Gasteiger partial charge in [0, 0.05) is 31.2 Å². The number of nitrogens with two attached hydrogens (primary N) is 1. The lowest BCUT2D eigenvalue weighted by atomic mass is 9.81. The molecule has 1 aromatic heterocycles. The van der Waals surface area contributed by atoms with Crippen molar-refractivity contribution in [2.75, 3.05) is 13.1 Å². The molecule has 0 spiro atoms. The first-order valence-corrected chi connectivity index (χ1v) is 22.9. The third-order valence-corrected chi connectivity index (χ3v) is 12.3. The van der Waals surface area contributed by atoms with Crippen LogP contribution in [0.5, 0.6) is 0 Å². The fourth-order valence-electron chi connectivity index (χ4n) is 8.59. The van der Waals surface area contributed by atoms with E-state index in [2.05, 4.69) is 156 Å². The molecule has 1 aromatic carbocycles. The predicted molar refractivity (Wildman–Crippen MR) is 265 cm³/mol. The largest absolute Gasteiger partial charge is 0.326 e. The zero-order chi connectivity index (χ0) is 43.1. The fraction of sp³-hybridized carbons (Fsp3) is 0.386. The number of nitrogens with zero attached hydrogens (tertiary/aromatic N) is 1. The van der Waals surface area contributed by atoms with Crippen LogP contribution in [0.4, 0.5) is 0 Å². The van der Waals surface area contributed by atoms with Crippen LogP contribution in [0.25, 0.3) is 11.6 Å². The maximum atomic E-state index is 6.32. The molecule has 0 bridgehead atoms. The standard InChI is InChI=1S/C57H75N3/c1-9-14-19-25-46(13-5)53-38-39-55(54(45(53)8)32-16-11-3)56(42-60-57(33-17-12-4)49-26-20-18-21-27-49)44(7)52(31-15-10-2)43(6)47-34-36-48(37-35-47)50(41-58)28-24-30-51-29-22-23-40-59-51/h12-13,15,17-18,20-24,26,28-31,33-34,36,38-40,46,49,57,60H,4-5,9-11,14,16,19,25,27,32,35,37,41-42,58H2,1-3,6-8H3/b30-24+,31-15-,33-17-,50-28+,52-43+,56-44+. The van der Waals surface area contributed by atoms with E-state index in [9.17, 15) is 0 Å². The molecule has 3 nitrogen and oxygen atoms in total. The van der Waals surface area contributed by atoms with E-state index < -0.39 is 0 Å². The topological polar surface area (TPSA) is 50.9 Å². The minimum absolute atomic E-state index is 0.170. The highest BCUT2D eigenvalue weighted by molar-refractivity contribution is 5.78. The van der Waals surface area contributed by atoms with E-state index in [4.69, 9.17) is 5.73 Å². The van der Waals surface area contributed by atoms with Crippen LogP contribution in [-0.4, -0.2) is 24.1 Å². The highest BCUT2D eigenvalue weighted by Crippen LogP contribution is 2.38. The first-order valence-electron chi connectivity index (χ1n) is 22.9. The highest BCUT2D eigenvalue weighted by Gasteiger charge is 2.23. The number of nitrogens with one attached hydrogen (secondary N) is 1. The smallest absolute Gasteiger partial charge is 0.0629 e. The normalized spacial score (nSPS) is 17.8. The van der Waals surface area contributed by atoms with Gasteiger partial charge in [-0.15, -0.1) is 6.58 Å². The van der Waals surface area contributed by atoms with Gasteiger partial charge in [-0.3, -0.25) is 4.98 Å². The van der Waals surface area contributed by atoms with Gasteiger partial charge in [0.2, 0.25) is 0 Å². The lowest BCUT2D eigenvalue weighted by molar-refractivity contribution is 0.494. The van der Waals surface area contributed by atoms with Crippen LogP contribution >= 0.6 is 0 Å². The van der Waals surface area contributed by atoms with Crippen molar-refractivity contribution in [1.82, 2.24) is 10.3 Å². The van der Waals surface area contributed by atoms with E-state index in [0.29, 0.717) is 18.4 Å². The summed E-state index contributed by atoms with van der Waals surface area (Å²) >= 11 is 0. The zero-order valence-corrected chi connectivity index (χ0v) is 38.0. The third kappa shape index (κ3) is 13.9. The SMILES string of the molecule is C=C/C=C\C(NC\C(=C(C)/C(/C=C\CC)=C(\C)C1=CC=C(/C(=C/C=C/c2ccccn2)CN)CC1)c1ccc(C(C=C)CCCCC)c(C)c1CCCC)C1C=CC=CC1. The number of hydrogen-bond acceptors (Lipinski definition) is 3. The number of rotatable bonds is 24. The number of allylic oxidation sites excluding steroid dienone is 16. The number of pyridine rings is 1. The Bertz CT molecular complexity index is 2020. The van der Waals surface area contributed by atoms with E-state index in [-0.39, 0.29) is 6.04 Å². The molecule has 2 aliphatic rings. The Kier molecular flexibility index (Phi) is 21.0. The fourth-order valence-corrected chi connectivity index (χ4v) is 8.59. The van der Waals surface area contributed by atoms with Crippen LogP contribution in [0.15, 0.2) is 168 Å². The van der Waals surface area contributed by atoms with Gasteiger partial charge in [0.25, 0.3) is 0 Å². The summed E-state index contributed by atoms with van der Waals surface area (Å²) in [6.45, 7) is 23.5. The van der Waals surface area contributed by atoms with Gasteiger partial charge in [0.15, 0.2) is 0 Å². The highest BCUT2D eigenvalue weighted by atomic mass is 14.9. The summed E-state index contributed by atoms with van der Waals surface area (Å²) < 4.78 is 0. The summed E-state index contributed by atoms with van der Waals surface area (Å²) in [6.07, 6.45) is 47.0. The Labute approximate surface area is 365 Å². The second-order valence-electron chi connectivity index (χ2n) is 16.3. The summed E-state index contributed by atoms with van der Waals surface area (Å²) in [6, 6.07) is 11.0. The van der Waals surface area contributed by atoms with Crippen molar-refractivity contribution < 1.29 is 0 Å². The van der Waals surface area contributed by atoms with E-state index >= 15 is 0 Å². The Morgan fingerprint density at radius 3 is 2.42 bits per heavy atom. The van der Waals surface area contributed by atoms with Crippen molar-refractivity contribution in [3.8, 4) is 0 Å². The van der Waals surface area contributed by atoms with Crippen molar-refractivity contribution in [2.45, 2.75) is 124 Å². The Hall–Kier alpha value is -4.83. The molecule has 318 valence electrons. The Balaban J connectivity index is 1.88. The Morgan fingerprint density at radius 2 is 1.77 bits per heavy atom. The molecule has 0 fully saturated rings. The van der Waals surface area contributed by atoms with Gasteiger partial charge in [0.1, 0.15) is 0 Å². The van der Waals surface area contributed by atoms with E-state index in [1.807, 2.05) is 36.5 Å². The maximum Gasteiger partial charge on any atom is 0.0629 e. The van der Waals surface area contributed by atoms with Crippen LogP contribution in [0.3, 0.4) is 0 Å². The van der Waals surface area contributed by atoms with Crippen molar-refractivity contribution in [3.63, 3.8) is 0 Å². The van der Waals surface area contributed by atoms with Crippen molar-refractivity contribution in [3.05, 3.63) is 196 Å². The summed E-state index contributed by atoms with van der Waals surface area (Å²) in [5, 5.41) is 4.08. The van der Waals surface area contributed by atoms with Crippen molar-refractivity contribution in [1.29, 1.82) is 0 Å². The lowest BCUT2D eigenvalue weighted by Crippen LogP contribution is -2.35. The molecule has 60 heavy (non-hydrogen) atoms. The molecule has 2 aliphatic carbocycles. The molecule has 4 rings (SSSR count). The first kappa shape index (κ1) is 47.8. The van der Waals surface area contributed by atoms with Crippen molar-refractivity contribution >= 4 is 11.6 Å². The molecule has 0 amide bonds. The average Bonchev–Trinajstić information content (AvgIpc) is 3.28. The van der Waals surface area contributed by atoms with Crippen LogP contribution in [0.2, 0.25) is 0 Å². The minimum Gasteiger partial charge on any atom is -0.326 e. The first-order chi connectivity index (χ1) is 29.3. The van der Waals surface area contributed by atoms with Gasteiger partial charge < -0.3 is 11.1 Å². The quantitative estimate of drug-likeness (QED) is 0.0631. The van der Waals surface area contributed by atoms with Crippen molar-refractivity contribution in [2.24, 2.45) is 11.7 Å². The van der Waals surface area contributed by atoms with Gasteiger partial charge in [-0.05, 0) is 151 Å². The summed E-state index contributed by atoms with van der Waals surface area (Å²) in [4.78, 5) is 4.42. The second kappa shape index (κ2) is 26.4. The van der Waals surface area contributed by atoms with Gasteiger partial charge in [0.05, 0.1) is 5.69 Å². The molecule has 0 radical (unpaired) electrons. The number of unbranched alkanes of at least 4 members (excludes halogenated alkanes) is 3. The molecule has 3 atom stereocenters. The van der Waals surface area contributed by atoms with Gasteiger partial charge in [-0.2, -0.15) is 0 Å². The number of benzene rings is 1. The molecular weight excluding hydrogens is 727 g/mol. The van der Waals surface area contributed by atoms with Gasteiger partial charge in [-0.25, -0.2) is 0 Å². The summed E-state index contributed by atoms with van der Waals surface area (Å²) in [7, 11) is 0. The number of hydrogen-bond donors (Lipinski definition) is 2. The molecule has 3 N–H and O–H groups in total. The molecule has 2 aromatic rings. The molecule has 3 heteroatoms. The predicted octanol–water partition coefficient (Wildman–Crippen LogP) is 14.7. The number of aromatic nitrogens is 1. The van der Waals surface area contributed by atoms with E-state index in [0.717, 1.165) is 63.6 Å². The van der Waals surface area contributed by atoms with Crippen LogP contribution < -0.4 is 11.1 Å². The molecule has 0 aliphatic heterocycles. The lowest BCUT2D eigenvalue weighted by Gasteiger charge is -2.28. The summed E-state index contributed by atoms with van der Waals surface area (Å²) in [5.41, 5.74) is 22.2. The molecule has 1 heterocycles. The Morgan fingerprint density at radius 1 is 0.967 bits per heavy atom. The summed E-state index contributed by atoms with van der Waals surface area (Å²) in [5.74, 6) is 0.737. The van der Waals surface area contributed by atoms with Crippen LogP contribution in [0.1, 0.15) is 133 Å². The van der Waals surface area contributed by atoms with Gasteiger partial charge >= 0.3 is 0 Å². The second-order valence-corrected chi connectivity index (χ2v) is 16.3.